The summed E-state index contributed by atoms with van der Waals surface area (Å²) in [6.07, 6.45) is 2.12. The van der Waals surface area contributed by atoms with Crippen LogP contribution < -0.4 is 4.74 Å². The fourth-order valence-electron chi connectivity index (χ4n) is 3.50. The Morgan fingerprint density at radius 2 is 2.04 bits per heavy atom. The van der Waals surface area contributed by atoms with Crippen LogP contribution in [-0.4, -0.2) is 39.9 Å². The molecule has 27 heavy (non-hydrogen) atoms. The van der Waals surface area contributed by atoms with Crippen LogP contribution >= 0.6 is 0 Å². The zero-order valence-corrected chi connectivity index (χ0v) is 15.1. The monoisotopic (exact) mass is 365 g/mol. The summed E-state index contributed by atoms with van der Waals surface area (Å²) in [6.45, 7) is 2.11. The number of aromatic nitrogens is 2. The lowest BCUT2D eigenvalue weighted by atomic mass is 10.1. The Kier molecular flexibility index (Phi) is 5.46. The summed E-state index contributed by atoms with van der Waals surface area (Å²) >= 11 is 0. The van der Waals surface area contributed by atoms with E-state index in [2.05, 4.69) is 21.1 Å². The minimum Gasteiger partial charge on any atom is -0.491 e. The van der Waals surface area contributed by atoms with E-state index in [4.69, 9.17) is 14.4 Å². The lowest BCUT2D eigenvalue weighted by Gasteiger charge is -2.21. The van der Waals surface area contributed by atoms with Gasteiger partial charge in [0, 0.05) is 12.1 Å². The first-order valence-electron chi connectivity index (χ1n) is 9.29. The van der Waals surface area contributed by atoms with Crippen LogP contribution in [0.1, 0.15) is 30.3 Å². The standard InChI is InChI=1S/C21H23N3O3/c25-12-13-26-18-9-4-6-16(14-18)15-24-11-5-10-19(24)21-22-20(23-27-21)17-7-2-1-3-8-17/h1-4,6-9,14,19,25H,5,10-13,15H2/t19-/m1/s1. The molecule has 1 fully saturated rings. The largest absolute Gasteiger partial charge is 0.491 e. The van der Waals surface area contributed by atoms with Crippen LogP contribution in [0.25, 0.3) is 11.4 Å². The molecule has 4 rings (SSSR count). The van der Waals surface area contributed by atoms with Gasteiger partial charge < -0.3 is 14.4 Å². The second kappa shape index (κ2) is 8.33. The molecule has 0 bridgehead atoms. The van der Waals surface area contributed by atoms with Crippen LogP contribution in [0.3, 0.4) is 0 Å². The van der Waals surface area contributed by atoms with E-state index in [0.29, 0.717) is 18.3 Å². The van der Waals surface area contributed by atoms with Crippen LogP contribution in [0, 0.1) is 0 Å². The van der Waals surface area contributed by atoms with Crippen molar-refractivity contribution in [3.8, 4) is 17.1 Å². The molecule has 1 aliphatic heterocycles. The Morgan fingerprint density at radius 3 is 2.89 bits per heavy atom. The molecule has 1 N–H and O–H groups in total. The highest BCUT2D eigenvalue weighted by Crippen LogP contribution is 2.33. The smallest absolute Gasteiger partial charge is 0.244 e. The number of hydrogen-bond acceptors (Lipinski definition) is 6. The molecular formula is C21H23N3O3. The Morgan fingerprint density at radius 1 is 1.15 bits per heavy atom. The van der Waals surface area contributed by atoms with Crippen molar-refractivity contribution in [1.82, 2.24) is 15.0 Å². The minimum absolute atomic E-state index is 0.0132. The predicted octanol–water partition coefficient (Wildman–Crippen LogP) is 3.44. The first kappa shape index (κ1) is 17.7. The van der Waals surface area contributed by atoms with Gasteiger partial charge in [0.05, 0.1) is 12.6 Å². The molecular weight excluding hydrogens is 342 g/mol. The summed E-state index contributed by atoms with van der Waals surface area (Å²) in [5.74, 6) is 2.09. The number of nitrogens with zero attached hydrogens (tertiary/aromatic N) is 3. The molecule has 1 atom stereocenters. The molecule has 6 nitrogen and oxygen atoms in total. The summed E-state index contributed by atoms with van der Waals surface area (Å²) in [5.41, 5.74) is 2.13. The third-order valence-corrected chi connectivity index (χ3v) is 4.77. The van der Waals surface area contributed by atoms with Gasteiger partial charge in [-0.1, -0.05) is 47.6 Å². The molecule has 1 aromatic heterocycles. The molecule has 0 spiro atoms. The van der Waals surface area contributed by atoms with Crippen LogP contribution in [-0.2, 0) is 6.54 Å². The third kappa shape index (κ3) is 4.18. The molecule has 1 aliphatic rings. The topological polar surface area (TPSA) is 71.6 Å². The second-order valence-corrected chi connectivity index (χ2v) is 6.67. The summed E-state index contributed by atoms with van der Waals surface area (Å²) in [4.78, 5) is 7.01. The fourth-order valence-corrected chi connectivity index (χ4v) is 3.50. The van der Waals surface area contributed by atoms with E-state index in [9.17, 15) is 0 Å². The predicted molar refractivity (Wildman–Crippen MR) is 101 cm³/mol. The minimum atomic E-state index is 0.0132. The highest BCUT2D eigenvalue weighted by atomic mass is 16.5. The van der Waals surface area contributed by atoms with Crippen molar-refractivity contribution < 1.29 is 14.4 Å². The lowest BCUT2D eigenvalue weighted by Crippen LogP contribution is -2.23. The van der Waals surface area contributed by atoms with E-state index in [1.807, 2.05) is 48.5 Å². The van der Waals surface area contributed by atoms with Gasteiger partial charge in [0.2, 0.25) is 11.7 Å². The summed E-state index contributed by atoms with van der Waals surface area (Å²) in [7, 11) is 0. The normalized spacial score (nSPS) is 17.3. The van der Waals surface area contributed by atoms with E-state index in [-0.39, 0.29) is 12.6 Å². The number of benzene rings is 2. The van der Waals surface area contributed by atoms with Gasteiger partial charge in [-0.25, -0.2) is 0 Å². The fraction of sp³-hybridized carbons (Fsp3) is 0.333. The quantitative estimate of drug-likeness (QED) is 0.691. The van der Waals surface area contributed by atoms with Crippen molar-refractivity contribution >= 4 is 0 Å². The van der Waals surface area contributed by atoms with E-state index in [1.54, 1.807) is 0 Å². The molecule has 0 aliphatic carbocycles. The van der Waals surface area contributed by atoms with Gasteiger partial charge >= 0.3 is 0 Å². The van der Waals surface area contributed by atoms with Crippen LogP contribution in [0.2, 0.25) is 0 Å². The number of hydrogen-bond donors (Lipinski definition) is 1. The van der Waals surface area contributed by atoms with E-state index in [0.717, 1.165) is 37.2 Å². The molecule has 3 aromatic rings. The zero-order chi connectivity index (χ0) is 18.5. The molecule has 0 unspecified atom stereocenters. The maximum absolute atomic E-state index is 8.92. The number of ether oxygens (including phenoxy) is 1. The van der Waals surface area contributed by atoms with Crippen molar-refractivity contribution in [2.45, 2.75) is 25.4 Å². The molecule has 0 saturated carbocycles. The van der Waals surface area contributed by atoms with Gasteiger partial charge in [-0.15, -0.1) is 0 Å². The van der Waals surface area contributed by atoms with Gasteiger partial charge in [0.1, 0.15) is 12.4 Å². The summed E-state index contributed by atoms with van der Waals surface area (Å²) in [6, 6.07) is 18.0. The maximum Gasteiger partial charge on any atom is 0.244 e. The Labute approximate surface area is 158 Å². The van der Waals surface area contributed by atoms with E-state index < -0.39 is 0 Å². The van der Waals surface area contributed by atoms with Crippen molar-refractivity contribution in [2.75, 3.05) is 19.8 Å². The number of aliphatic hydroxyl groups excluding tert-OH is 1. The third-order valence-electron chi connectivity index (χ3n) is 4.77. The van der Waals surface area contributed by atoms with Gasteiger partial charge in [0.15, 0.2) is 0 Å². The van der Waals surface area contributed by atoms with Crippen LogP contribution in [0.4, 0.5) is 0 Å². The van der Waals surface area contributed by atoms with Crippen molar-refractivity contribution in [1.29, 1.82) is 0 Å². The van der Waals surface area contributed by atoms with E-state index in [1.165, 1.54) is 5.56 Å². The Balaban J connectivity index is 1.47. The average molecular weight is 365 g/mol. The Hall–Kier alpha value is -2.70. The lowest BCUT2D eigenvalue weighted by molar-refractivity contribution is 0.197. The SMILES string of the molecule is OCCOc1cccc(CN2CCC[C@@H]2c2nc(-c3ccccc3)no2)c1. The van der Waals surface area contributed by atoms with Gasteiger partial charge in [-0.3, -0.25) is 4.90 Å². The highest BCUT2D eigenvalue weighted by molar-refractivity contribution is 5.53. The first-order chi connectivity index (χ1) is 13.3. The van der Waals surface area contributed by atoms with Gasteiger partial charge in [-0.2, -0.15) is 4.98 Å². The highest BCUT2D eigenvalue weighted by Gasteiger charge is 2.30. The average Bonchev–Trinajstić information content (AvgIpc) is 3.37. The van der Waals surface area contributed by atoms with Crippen LogP contribution in [0.15, 0.2) is 59.1 Å². The number of rotatable bonds is 7. The van der Waals surface area contributed by atoms with Crippen molar-refractivity contribution in [2.24, 2.45) is 0 Å². The zero-order valence-electron chi connectivity index (χ0n) is 15.1. The summed E-state index contributed by atoms with van der Waals surface area (Å²) in [5, 5.41) is 13.1. The van der Waals surface area contributed by atoms with Crippen LogP contribution in [0.5, 0.6) is 5.75 Å². The maximum atomic E-state index is 8.92. The molecule has 2 aromatic carbocycles. The molecule has 140 valence electrons. The van der Waals surface area contributed by atoms with Crippen molar-refractivity contribution in [3.63, 3.8) is 0 Å². The Bertz CT molecular complexity index is 866. The van der Waals surface area contributed by atoms with Crippen molar-refractivity contribution in [3.05, 3.63) is 66.1 Å². The van der Waals surface area contributed by atoms with Gasteiger partial charge in [0.25, 0.3) is 0 Å². The molecule has 0 amide bonds. The van der Waals surface area contributed by atoms with Gasteiger partial charge in [-0.05, 0) is 37.1 Å². The molecule has 2 heterocycles. The number of aliphatic hydroxyl groups is 1. The molecule has 6 heteroatoms. The molecule has 0 radical (unpaired) electrons. The summed E-state index contributed by atoms with van der Waals surface area (Å²) < 4.78 is 11.1. The molecule has 1 saturated heterocycles. The van der Waals surface area contributed by atoms with E-state index >= 15 is 0 Å². The first-order valence-corrected chi connectivity index (χ1v) is 9.29. The number of likely N-dealkylation sites (tertiary alicyclic amines) is 1. The second-order valence-electron chi connectivity index (χ2n) is 6.67.